The van der Waals surface area contributed by atoms with Gasteiger partial charge in [0.25, 0.3) is 5.56 Å². The average molecular weight is 362 g/mol. The fourth-order valence-electron chi connectivity index (χ4n) is 2.94. The minimum atomic E-state index is -0.551. The molecule has 0 aliphatic heterocycles. The predicted octanol–water partition coefficient (Wildman–Crippen LogP) is 2.58. The molecule has 0 saturated heterocycles. The summed E-state index contributed by atoms with van der Waals surface area (Å²) in [5.74, 6) is 0.168. The van der Waals surface area contributed by atoms with E-state index in [1.54, 1.807) is 23.1 Å². The van der Waals surface area contributed by atoms with Gasteiger partial charge in [0.2, 0.25) is 0 Å². The number of halogens is 1. The molecule has 26 heavy (non-hydrogen) atoms. The smallest absolute Gasteiger partial charge is 0.330 e. The quantitative estimate of drug-likeness (QED) is 0.793. The van der Waals surface area contributed by atoms with Crippen molar-refractivity contribution in [3.05, 3.63) is 56.5 Å². The van der Waals surface area contributed by atoms with Gasteiger partial charge in [0.1, 0.15) is 17.3 Å². The number of hydrogen-bond donors (Lipinski definition) is 2. The largest absolute Gasteiger partial charge is 0.383 e. The molecule has 7 heteroatoms. The molecule has 142 valence electrons. The Morgan fingerprint density at radius 2 is 1.81 bits per heavy atom. The summed E-state index contributed by atoms with van der Waals surface area (Å²) in [5, 5.41) is 0. The lowest BCUT2D eigenvalue weighted by Crippen LogP contribution is -2.40. The second-order valence-electron chi connectivity index (χ2n) is 7.36. The van der Waals surface area contributed by atoms with E-state index in [0.29, 0.717) is 18.7 Å². The molecule has 0 aliphatic carbocycles. The number of benzene rings is 1. The number of nitrogens with two attached hydrogens (primary N) is 1. The van der Waals surface area contributed by atoms with Crippen LogP contribution < -0.4 is 21.9 Å². The number of hydrogen-bond acceptors (Lipinski definition) is 4. The zero-order valence-electron chi connectivity index (χ0n) is 15.8. The van der Waals surface area contributed by atoms with Gasteiger partial charge in [0.05, 0.1) is 0 Å². The van der Waals surface area contributed by atoms with Crippen LogP contribution in [0, 0.1) is 17.7 Å². The van der Waals surface area contributed by atoms with Crippen LogP contribution in [0.25, 0.3) is 0 Å². The number of nitrogens with zero attached hydrogens (tertiary/aromatic N) is 2. The summed E-state index contributed by atoms with van der Waals surface area (Å²) in [6.07, 6.45) is 0. The van der Waals surface area contributed by atoms with Crippen molar-refractivity contribution in [1.82, 2.24) is 9.55 Å². The van der Waals surface area contributed by atoms with Crippen molar-refractivity contribution in [2.24, 2.45) is 11.8 Å². The lowest BCUT2D eigenvalue weighted by molar-refractivity contribution is 0.505. The van der Waals surface area contributed by atoms with Crippen LogP contribution in [0.15, 0.2) is 33.9 Å². The standard InChI is InChI=1S/C19H27FN4O2/c1-12(2)9-23(11-14-7-5-6-8-15(14)20)16-17(21)24(10-13(3)4)19(26)22-18(16)25/h5-8,12-13H,9-11,21H2,1-4H3,(H,22,25,26). The molecular weight excluding hydrogens is 335 g/mol. The van der Waals surface area contributed by atoms with Gasteiger partial charge in [-0.05, 0) is 17.9 Å². The highest BCUT2D eigenvalue weighted by molar-refractivity contribution is 5.62. The first kappa shape index (κ1) is 19.8. The first-order valence-electron chi connectivity index (χ1n) is 8.81. The minimum absolute atomic E-state index is 0.115. The average Bonchev–Trinajstić information content (AvgIpc) is 2.52. The third-order valence-corrected chi connectivity index (χ3v) is 3.98. The van der Waals surface area contributed by atoms with Gasteiger partial charge in [-0.15, -0.1) is 0 Å². The fourth-order valence-corrected chi connectivity index (χ4v) is 2.94. The number of rotatable bonds is 7. The molecule has 0 spiro atoms. The third-order valence-electron chi connectivity index (χ3n) is 3.98. The van der Waals surface area contributed by atoms with Crippen molar-refractivity contribution in [2.75, 3.05) is 17.2 Å². The van der Waals surface area contributed by atoms with E-state index in [9.17, 15) is 14.0 Å². The predicted molar refractivity (Wildman–Crippen MR) is 103 cm³/mol. The van der Waals surface area contributed by atoms with Gasteiger partial charge in [-0.3, -0.25) is 14.3 Å². The molecule has 1 heterocycles. The zero-order chi connectivity index (χ0) is 19.4. The summed E-state index contributed by atoms with van der Waals surface area (Å²) in [5.41, 5.74) is 5.81. The number of aromatic amines is 1. The van der Waals surface area contributed by atoms with Gasteiger partial charge in [0.15, 0.2) is 0 Å². The molecule has 3 N–H and O–H groups in total. The van der Waals surface area contributed by atoms with Crippen molar-refractivity contribution in [3.63, 3.8) is 0 Å². The second-order valence-corrected chi connectivity index (χ2v) is 7.36. The Morgan fingerprint density at radius 3 is 2.38 bits per heavy atom. The van der Waals surface area contributed by atoms with E-state index in [4.69, 9.17) is 5.73 Å². The van der Waals surface area contributed by atoms with E-state index >= 15 is 0 Å². The highest BCUT2D eigenvalue weighted by Crippen LogP contribution is 2.22. The Hall–Kier alpha value is -2.57. The molecule has 6 nitrogen and oxygen atoms in total. The minimum Gasteiger partial charge on any atom is -0.383 e. The van der Waals surface area contributed by atoms with E-state index in [1.165, 1.54) is 10.6 Å². The molecule has 0 unspecified atom stereocenters. The SMILES string of the molecule is CC(C)CN(Cc1ccccc1F)c1c(N)n(CC(C)C)c(=O)[nH]c1=O. The first-order chi connectivity index (χ1) is 12.2. The summed E-state index contributed by atoms with van der Waals surface area (Å²) >= 11 is 0. The lowest BCUT2D eigenvalue weighted by atomic mass is 10.1. The third kappa shape index (κ3) is 4.53. The molecule has 1 aromatic heterocycles. The van der Waals surface area contributed by atoms with Crippen molar-refractivity contribution in [2.45, 2.75) is 40.8 Å². The Balaban J connectivity index is 2.56. The van der Waals surface area contributed by atoms with Crippen LogP contribution in [0.5, 0.6) is 0 Å². The molecule has 0 fully saturated rings. The first-order valence-corrected chi connectivity index (χ1v) is 8.81. The Kier molecular flexibility index (Phi) is 6.23. The Labute approximate surface area is 152 Å². The van der Waals surface area contributed by atoms with E-state index in [2.05, 4.69) is 4.98 Å². The molecule has 2 aromatic rings. The van der Waals surface area contributed by atoms with Gasteiger partial charge in [0, 0.05) is 25.2 Å². The monoisotopic (exact) mass is 362 g/mol. The molecule has 1 aromatic carbocycles. The normalized spacial score (nSPS) is 11.3. The van der Waals surface area contributed by atoms with Gasteiger partial charge in [-0.2, -0.15) is 0 Å². The van der Waals surface area contributed by atoms with Crippen molar-refractivity contribution in [3.8, 4) is 0 Å². The van der Waals surface area contributed by atoms with Crippen LogP contribution in [0.4, 0.5) is 15.9 Å². The van der Waals surface area contributed by atoms with Gasteiger partial charge >= 0.3 is 5.69 Å². The highest BCUT2D eigenvalue weighted by atomic mass is 19.1. The number of anilines is 2. The molecule has 0 saturated carbocycles. The van der Waals surface area contributed by atoms with Crippen LogP contribution in [0.2, 0.25) is 0 Å². The summed E-state index contributed by atoms with van der Waals surface area (Å²) in [4.78, 5) is 28.8. The number of nitrogens with one attached hydrogen (secondary N) is 1. The van der Waals surface area contributed by atoms with Gasteiger partial charge in [-0.1, -0.05) is 45.9 Å². The second kappa shape index (κ2) is 8.21. The molecule has 0 radical (unpaired) electrons. The van der Waals surface area contributed by atoms with E-state index < -0.39 is 11.2 Å². The number of aromatic nitrogens is 2. The van der Waals surface area contributed by atoms with E-state index in [-0.39, 0.29) is 35.7 Å². The summed E-state index contributed by atoms with van der Waals surface area (Å²) < 4.78 is 15.5. The number of H-pyrrole nitrogens is 1. The lowest BCUT2D eigenvalue weighted by Gasteiger charge is -2.28. The zero-order valence-corrected chi connectivity index (χ0v) is 15.8. The van der Waals surface area contributed by atoms with Crippen molar-refractivity contribution in [1.29, 1.82) is 0 Å². The fraction of sp³-hybridized carbons (Fsp3) is 0.474. The summed E-state index contributed by atoms with van der Waals surface area (Å²) in [6, 6.07) is 6.43. The molecule has 2 rings (SSSR count). The molecule has 0 aliphatic rings. The topological polar surface area (TPSA) is 84.1 Å². The van der Waals surface area contributed by atoms with Crippen LogP contribution >= 0.6 is 0 Å². The van der Waals surface area contributed by atoms with Crippen molar-refractivity contribution >= 4 is 11.5 Å². The van der Waals surface area contributed by atoms with E-state index in [1.807, 2.05) is 27.7 Å². The van der Waals surface area contributed by atoms with Crippen LogP contribution in [0.1, 0.15) is 33.3 Å². The summed E-state index contributed by atoms with van der Waals surface area (Å²) in [7, 11) is 0. The van der Waals surface area contributed by atoms with Crippen LogP contribution in [-0.2, 0) is 13.1 Å². The van der Waals surface area contributed by atoms with E-state index in [0.717, 1.165) is 0 Å². The summed E-state index contributed by atoms with van der Waals surface area (Å²) in [6.45, 7) is 9.01. The highest BCUT2D eigenvalue weighted by Gasteiger charge is 2.21. The maximum atomic E-state index is 14.1. The van der Waals surface area contributed by atoms with Gasteiger partial charge < -0.3 is 10.6 Å². The van der Waals surface area contributed by atoms with Crippen LogP contribution in [-0.4, -0.2) is 16.1 Å². The maximum absolute atomic E-state index is 14.1. The molecule has 0 amide bonds. The maximum Gasteiger partial charge on any atom is 0.330 e. The molecular formula is C19H27FN4O2. The Morgan fingerprint density at radius 1 is 1.15 bits per heavy atom. The van der Waals surface area contributed by atoms with Crippen molar-refractivity contribution < 1.29 is 4.39 Å². The van der Waals surface area contributed by atoms with Gasteiger partial charge in [-0.25, -0.2) is 9.18 Å². The molecule has 0 bridgehead atoms. The Bertz CT molecular complexity index is 871. The van der Waals surface area contributed by atoms with Crippen LogP contribution in [0.3, 0.4) is 0 Å². The molecule has 0 atom stereocenters. The number of nitrogen functional groups attached to an aromatic ring is 1.